The van der Waals surface area contributed by atoms with E-state index in [1.54, 1.807) is 6.07 Å². The lowest BCUT2D eigenvalue weighted by Gasteiger charge is -2.12. The van der Waals surface area contributed by atoms with E-state index in [4.69, 9.17) is 11.6 Å². The molecule has 0 spiro atoms. The van der Waals surface area contributed by atoms with Crippen LogP contribution in [0.1, 0.15) is 18.1 Å². The molecule has 1 N–H and O–H groups in total. The predicted octanol–water partition coefficient (Wildman–Crippen LogP) is 5.66. The van der Waals surface area contributed by atoms with Crippen LogP contribution in [0.15, 0.2) is 42.5 Å². The van der Waals surface area contributed by atoms with Gasteiger partial charge >= 0.3 is 6.18 Å². The molecule has 0 saturated heterocycles. The normalized spacial score (nSPS) is 11.4. The molecule has 0 atom stereocenters. The van der Waals surface area contributed by atoms with Crippen molar-refractivity contribution < 1.29 is 13.2 Å². The lowest BCUT2D eigenvalue weighted by atomic mass is 10.1. The molecule has 0 unspecified atom stereocenters. The Balaban J connectivity index is 2.22. The summed E-state index contributed by atoms with van der Waals surface area (Å²) >= 11 is 5.92. The van der Waals surface area contributed by atoms with E-state index in [0.29, 0.717) is 10.7 Å². The van der Waals surface area contributed by atoms with Gasteiger partial charge in [-0.2, -0.15) is 13.2 Å². The zero-order valence-electron chi connectivity index (χ0n) is 10.8. The molecule has 0 aliphatic heterocycles. The van der Waals surface area contributed by atoms with Gasteiger partial charge in [0.05, 0.1) is 5.56 Å². The second-order valence-electron chi connectivity index (χ2n) is 4.36. The fourth-order valence-corrected chi connectivity index (χ4v) is 2.07. The minimum Gasteiger partial charge on any atom is -0.355 e. The van der Waals surface area contributed by atoms with Gasteiger partial charge in [-0.15, -0.1) is 0 Å². The van der Waals surface area contributed by atoms with E-state index in [9.17, 15) is 13.2 Å². The molecule has 0 saturated carbocycles. The first-order chi connectivity index (χ1) is 9.40. The van der Waals surface area contributed by atoms with Gasteiger partial charge in [0.1, 0.15) is 0 Å². The molecular formula is C15H13ClF3N. The van der Waals surface area contributed by atoms with Crippen LogP contribution in [-0.2, 0) is 12.6 Å². The van der Waals surface area contributed by atoms with Crippen molar-refractivity contribution in [1.29, 1.82) is 0 Å². The van der Waals surface area contributed by atoms with Crippen molar-refractivity contribution in [2.45, 2.75) is 19.5 Å². The van der Waals surface area contributed by atoms with Crippen LogP contribution >= 0.6 is 11.6 Å². The number of aryl methyl sites for hydroxylation is 1. The highest BCUT2D eigenvalue weighted by atomic mass is 35.5. The summed E-state index contributed by atoms with van der Waals surface area (Å²) in [4.78, 5) is 0. The lowest BCUT2D eigenvalue weighted by Crippen LogP contribution is -2.04. The van der Waals surface area contributed by atoms with Crippen LogP contribution in [0, 0.1) is 0 Å². The second kappa shape index (κ2) is 5.75. The van der Waals surface area contributed by atoms with Crippen LogP contribution in [0.5, 0.6) is 0 Å². The maximum Gasteiger partial charge on any atom is 0.416 e. The molecule has 1 nitrogen and oxygen atoms in total. The highest BCUT2D eigenvalue weighted by Gasteiger charge is 2.29. The maximum absolute atomic E-state index is 12.5. The highest BCUT2D eigenvalue weighted by molar-refractivity contribution is 6.30. The van der Waals surface area contributed by atoms with E-state index in [1.165, 1.54) is 12.1 Å². The predicted molar refractivity (Wildman–Crippen MR) is 75.6 cm³/mol. The summed E-state index contributed by atoms with van der Waals surface area (Å²) in [5.74, 6) is 0. The van der Waals surface area contributed by atoms with Gasteiger partial charge in [-0.05, 0) is 54.4 Å². The van der Waals surface area contributed by atoms with Crippen LogP contribution in [0.25, 0.3) is 0 Å². The Bertz CT molecular complexity index is 591. The topological polar surface area (TPSA) is 12.0 Å². The molecule has 20 heavy (non-hydrogen) atoms. The first-order valence-electron chi connectivity index (χ1n) is 6.13. The standard InChI is InChI=1S/C15H13ClF3N/c1-2-10-9-12(16)5-8-14(10)20-13-6-3-11(4-7-13)15(17,18)19/h3-9,20H,2H2,1H3. The zero-order valence-corrected chi connectivity index (χ0v) is 11.5. The van der Waals surface area contributed by atoms with Crippen molar-refractivity contribution in [3.05, 3.63) is 58.6 Å². The molecule has 0 fully saturated rings. The van der Waals surface area contributed by atoms with Gasteiger partial charge in [0.2, 0.25) is 0 Å². The van der Waals surface area contributed by atoms with Gasteiger partial charge in [-0.25, -0.2) is 0 Å². The fraction of sp³-hybridized carbons (Fsp3) is 0.200. The van der Waals surface area contributed by atoms with E-state index in [-0.39, 0.29) is 0 Å². The molecule has 0 amide bonds. The lowest BCUT2D eigenvalue weighted by molar-refractivity contribution is -0.137. The number of hydrogen-bond acceptors (Lipinski definition) is 1. The summed E-state index contributed by atoms with van der Waals surface area (Å²) in [7, 11) is 0. The van der Waals surface area contributed by atoms with E-state index in [1.807, 2.05) is 19.1 Å². The Labute approximate surface area is 120 Å². The fourth-order valence-electron chi connectivity index (χ4n) is 1.87. The molecule has 5 heteroatoms. The molecule has 0 radical (unpaired) electrons. The number of hydrogen-bond donors (Lipinski definition) is 1. The van der Waals surface area contributed by atoms with E-state index >= 15 is 0 Å². The van der Waals surface area contributed by atoms with E-state index in [0.717, 1.165) is 29.8 Å². The van der Waals surface area contributed by atoms with Gasteiger partial charge in [0.25, 0.3) is 0 Å². The summed E-state index contributed by atoms with van der Waals surface area (Å²) in [5, 5.41) is 3.74. The monoisotopic (exact) mass is 299 g/mol. The average molecular weight is 300 g/mol. The summed E-state index contributed by atoms with van der Waals surface area (Å²) in [5.41, 5.74) is 1.80. The summed E-state index contributed by atoms with van der Waals surface area (Å²) in [6, 6.07) is 10.3. The van der Waals surface area contributed by atoms with Crippen molar-refractivity contribution in [3.8, 4) is 0 Å². The molecule has 0 aliphatic carbocycles. The largest absolute Gasteiger partial charge is 0.416 e. The number of nitrogens with one attached hydrogen (secondary N) is 1. The smallest absolute Gasteiger partial charge is 0.355 e. The first kappa shape index (κ1) is 14.7. The molecular weight excluding hydrogens is 287 g/mol. The Kier molecular flexibility index (Phi) is 4.23. The van der Waals surface area contributed by atoms with Crippen LogP contribution in [-0.4, -0.2) is 0 Å². The number of rotatable bonds is 3. The minimum atomic E-state index is -4.31. The Morgan fingerprint density at radius 2 is 1.70 bits per heavy atom. The SMILES string of the molecule is CCc1cc(Cl)ccc1Nc1ccc(C(F)(F)F)cc1. The molecule has 0 aromatic heterocycles. The van der Waals surface area contributed by atoms with E-state index < -0.39 is 11.7 Å². The van der Waals surface area contributed by atoms with E-state index in [2.05, 4.69) is 5.32 Å². The Hall–Kier alpha value is -1.68. The van der Waals surface area contributed by atoms with Crippen LogP contribution in [0.4, 0.5) is 24.5 Å². The molecule has 2 aromatic carbocycles. The Morgan fingerprint density at radius 1 is 1.05 bits per heavy atom. The van der Waals surface area contributed by atoms with Gasteiger partial charge in [-0.3, -0.25) is 0 Å². The third-order valence-electron chi connectivity index (χ3n) is 2.94. The van der Waals surface area contributed by atoms with Crippen molar-refractivity contribution in [2.24, 2.45) is 0 Å². The Morgan fingerprint density at radius 3 is 2.25 bits per heavy atom. The van der Waals surface area contributed by atoms with Crippen LogP contribution in [0.2, 0.25) is 5.02 Å². The quantitative estimate of drug-likeness (QED) is 0.770. The third kappa shape index (κ3) is 3.45. The van der Waals surface area contributed by atoms with Gasteiger partial charge in [0.15, 0.2) is 0 Å². The first-order valence-corrected chi connectivity index (χ1v) is 6.50. The number of benzene rings is 2. The average Bonchev–Trinajstić information content (AvgIpc) is 2.40. The minimum absolute atomic E-state index is 0.607. The second-order valence-corrected chi connectivity index (χ2v) is 4.79. The molecule has 0 heterocycles. The number of anilines is 2. The summed E-state index contributed by atoms with van der Waals surface area (Å²) in [6.45, 7) is 1.99. The van der Waals surface area contributed by atoms with Gasteiger partial charge in [0, 0.05) is 16.4 Å². The van der Waals surface area contributed by atoms with Crippen LogP contribution in [0.3, 0.4) is 0 Å². The highest BCUT2D eigenvalue weighted by Crippen LogP contribution is 2.31. The molecule has 2 aromatic rings. The van der Waals surface area contributed by atoms with Crippen molar-refractivity contribution >= 4 is 23.0 Å². The number of alkyl halides is 3. The maximum atomic E-state index is 12.5. The summed E-state index contributed by atoms with van der Waals surface area (Å²) in [6.07, 6.45) is -3.53. The van der Waals surface area contributed by atoms with Crippen molar-refractivity contribution in [2.75, 3.05) is 5.32 Å². The van der Waals surface area contributed by atoms with Crippen LogP contribution < -0.4 is 5.32 Å². The molecule has 0 aliphatic rings. The third-order valence-corrected chi connectivity index (χ3v) is 3.17. The molecule has 106 valence electrons. The van der Waals surface area contributed by atoms with Gasteiger partial charge in [-0.1, -0.05) is 18.5 Å². The van der Waals surface area contributed by atoms with Crippen molar-refractivity contribution in [3.63, 3.8) is 0 Å². The summed E-state index contributed by atoms with van der Waals surface area (Å²) < 4.78 is 37.4. The molecule has 2 rings (SSSR count). The number of halogens is 4. The molecule has 0 bridgehead atoms. The van der Waals surface area contributed by atoms with Gasteiger partial charge < -0.3 is 5.32 Å². The van der Waals surface area contributed by atoms with Crippen molar-refractivity contribution in [1.82, 2.24) is 0 Å². The zero-order chi connectivity index (χ0) is 14.8.